The summed E-state index contributed by atoms with van der Waals surface area (Å²) in [5.74, 6) is -0.282. The molecule has 2 heterocycles. The van der Waals surface area contributed by atoms with Gasteiger partial charge in [0.2, 0.25) is 0 Å². The largest absolute Gasteiger partial charge is 0.378 e. The van der Waals surface area contributed by atoms with Crippen molar-refractivity contribution in [2.45, 2.75) is 18.9 Å². The van der Waals surface area contributed by atoms with Crippen molar-refractivity contribution in [1.29, 1.82) is 0 Å². The lowest BCUT2D eigenvalue weighted by atomic mass is 9.90. The first-order valence-corrected chi connectivity index (χ1v) is 9.24. The quantitative estimate of drug-likeness (QED) is 0.730. The summed E-state index contributed by atoms with van der Waals surface area (Å²) in [7, 11) is 0. The molecule has 1 aromatic heterocycles. The zero-order chi connectivity index (χ0) is 18.1. The van der Waals surface area contributed by atoms with Crippen molar-refractivity contribution >= 4 is 27.7 Å². The Kier molecular flexibility index (Phi) is 4.24. The van der Waals surface area contributed by atoms with Crippen molar-refractivity contribution in [1.82, 2.24) is 4.98 Å². The van der Waals surface area contributed by atoms with Crippen LogP contribution in [0.25, 0.3) is 10.8 Å². The molecule has 26 heavy (non-hydrogen) atoms. The van der Waals surface area contributed by atoms with Crippen LogP contribution in [0.4, 0.5) is 4.39 Å². The van der Waals surface area contributed by atoms with Gasteiger partial charge in [-0.25, -0.2) is 9.38 Å². The summed E-state index contributed by atoms with van der Waals surface area (Å²) in [6.45, 7) is 1.87. The first-order valence-electron chi connectivity index (χ1n) is 8.36. The number of nitrogens with zero attached hydrogens (tertiary/aromatic N) is 2. The Morgan fingerprint density at radius 2 is 2.00 bits per heavy atom. The Morgan fingerprint density at radius 1 is 1.15 bits per heavy atom. The van der Waals surface area contributed by atoms with Gasteiger partial charge < -0.3 is 5.73 Å². The number of aromatic nitrogens is 1. The number of hydrogen-bond acceptors (Lipinski definition) is 4. The second kappa shape index (κ2) is 6.57. The highest BCUT2D eigenvalue weighted by atomic mass is 32.2. The number of rotatable bonds is 3. The van der Waals surface area contributed by atoms with E-state index in [1.165, 1.54) is 17.8 Å². The molecule has 1 aliphatic rings. The second-order valence-corrected chi connectivity index (χ2v) is 7.41. The van der Waals surface area contributed by atoms with E-state index in [0.29, 0.717) is 17.2 Å². The predicted molar refractivity (Wildman–Crippen MR) is 107 cm³/mol. The molecule has 0 bridgehead atoms. The minimum atomic E-state index is -0.790. The molecule has 0 amide bonds. The average molecular weight is 363 g/mol. The number of thioether (sulfide) groups is 1. The molecular weight excluding hydrogens is 345 g/mol. The fourth-order valence-electron chi connectivity index (χ4n) is 3.27. The number of hydrogen-bond donors (Lipinski definition) is 1. The maximum absolute atomic E-state index is 14.6. The summed E-state index contributed by atoms with van der Waals surface area (Å²) in [6.07, 6.45) is 4.32. The molecular formula is C21H18FN3S. The summed E-state index contributed by atoms with van der Waals surface area (Å²) >= 11 is 1.34. The molecule has 4 rings (SSSR count). The number of benzene rings is 2. The number of pyridine rings is 1. The smallest absolute Gasteiger partial charge is 0.159 e. The number of amidine groups is 1. The van der Waals surface area contributed by atoms with Crippen LogP contribution >= 0.6 is 11.8 Å². The molecule has 0 saturated carbocycles. The van der Waals surface area contributed by atoms with Gasteiger partial charge in [0.05, 0.1) is 5.69 Å². The Hall–Kier alpha value is -2.66. The third-order valence-electron chi connectivity index (χ3n) is 4.63. The zero-order valence-electron chi connectivity index (χ0n) is 14.3. The van der Waals surface area contributed by atoms with E-state index in [2.05, 4.69) is 22.1 Å². The van der Waals surface area contributed by atoms with E-state index in [0.717, 1.165) is 22.0 Å². The fourth-order valence-corrected chi connectivity index (χ4v) is 3.98. The van der Waals surface area contributed by atoms with Gasteiger partial charge in [-0.2, -0.15) is 0 Å². The first kappa shape index (κ1) is 16.8. The lowest BCUT2D eigenvalue weighted by molar-refractivity contribution is 0.544. The second-order valence-electron chi connectivity index (χ2n) is 6.49. The third kappa shape index (κ3) is 3.10. The number of nitrogens with two attached hydrogens (primary N) is 1. The Bertz CT molecular complexity index is 1040. The van der Waals surface area contributed by atoms with Crippen molar-refractivity contribution in [2.75, 3.05) is 0 Å². The van der Waals surface area contributed by atoms with E-state index in [1.807, 2.05) is 48.9 Å². The Morgan fingerprint density at radius 3 is 2.85 bits per heavy atom. The van der Waals surface area contributed by atoms with Gasteiger partial charge in [0.1, 0.15) is 11.4 Å². The summed E-state index contributed by atoms with van der Waals surface area (Å²) in [5.41, 5.74) is 7.55. The summed E-state index contributed by atoms with van der Waals surface area (Å²) < 4.78 is 14.6. The molecule has 0 fully saturated rings. The van der Waals surface area contributed by atoms with E-state index in [9.17, 15) is 4.39 Å². The van der Waals surface area contributed by atoms with Crippen LogP contribution in [0.5, 0.6) is 0 Å². The molecule has 0 aliphatic carbocycles. The van der Waals surface area contributed by atoms with Crippen molar-refractivity contribution in [3.63, 3.8) is 0 Å². The van der Waals surface area contributed by atoms with Gasteiger partial charge >= 0.3 is 0 Å². The maximum atomic E-state index is 14.6. The van der Waals surface area contributed by atoms with Crippen molar-refractivity contribution in [3.05, 3.63) is 88.8 Å². The van der Waals surface area contributed by atoms with Gasteiger partial charge in [-0.3, -0.25) is 4.98 Å². The van der Waals surface area contributed by atoms with Crippen LogP contribution in [0.2, 0.25) is 0 Å². The lowest BCUT2D eigenvalue weighted by Crippen LogP contribution is -2.24. The molecule has 3 aromatic rings. The van der Waals surface area contributed by atoms with Gasteiger partial charge in [0.25, 0.3) is 0 Å². The topological polar surface area (TPSA) is 51.3 Å². The SMILES string of the molecule is C[C@@]1(c2cc(Cc3nccc4ccccc34)ccc2F)C=CSC(N)=N1. The normalized spacial score (nSPS) is 19.5. The molecule has 1 atom stereocenters. The summed E-state index contributed by atoms with van der Waals surface area (Å²) in [6, 6.07) is 15.3. The van der Waals surface area contributed by atoms with E-state index < -0.39 is 5.54 Å². The van der Waals surface area contributed by atoms with Crippen LogP contribution in [0.3, 0.4) is 0 Å². The van der Waals surface area contributed by atoms with Gasteiger partial charge in [-0.05, 0) is 47.6 Å². The monoisotopic (exact) mass is 363 g/mol. The molecule has 0 saturated heterocycles. The molecule has 130 valence electrons. The number of aliphatic imine (C=N–C) groups is 1. The van der Waals surface area contributed by atoms with Crippen LogP contribution in [-0.4, -0.2) is 10.2 Å². The Labute approximate surface area is 155 Å². The van der Waals surface area contributed by atoms with Crippen molar-refractivity contribution in [2.24, 2.45) is 10.7 Å². The van der Waals surface area contributed by atoms with Crippen LogP contribution in [0, 0.1) is 5.82 Å². The van der Waals surface area contributed by atoms with Gasteiger partial charge in [-0.15, -0.1) is 0 Å². The molecule has 0 radical (unpaired) electrons. The molecule has 5 heteroatoms. The molecule has 0 spiro atoms. The summed E-state index contributed by atoms with van der Waals surface area (Å²) in [4.78, 5) is 9.00. The average Bonchev–Trinajstić information content (AvgIpc) is 2.63. The molecule has 3 nitrogen and oxygen atoms in total. The van der Waals surface area contributed by atoms with E-state index >= 15 is 0 Å². The van der Waals surface area contributed by atoms with Gasteiger partial charge in [0.15, 0.2) is 5.17 Å². The molecule has 1 aliphatic heterocycles. The third-order valence-corrected chi connectivity index (χ3v) is 5.23. The van der Waals surface area contributed by atoms with Crippen LogP contribution < -0.4 is 5.73 Å². The number of fused-ring (bicyclic) bond motifs is 1. The molecule has 2 N–H and O–H groups in total. The minimum absolute atomic E-state index is 0.282. The van der Waals surface area contributed by atoms with Crippen LogP contribution in [-0.2, 0) is 12.0 Å². The van der Waals surface area contributed by atoms with Crippen LogP contribution in [0.15, 0.2) is 71.2 Å². The van der Waals surface area contributed by atoms with Gasteiger partial charge in [-0.1, -0.05) is 42.1 Å². The van der Waals surface area contributed by atoms with Crippen molar-refractivity contribution < 1.29 is 4.39 Å². The van der Waals surface area contributed by atoms with Crippen molar-refractivity contribution in [3.8, 4) is 0 Å². The maximum Gasteiger partial charge on any atom is 0.159 e. The standard InChI is InChI=1S/C21H18FN3S/c1-21(9-11-26-20(23)25-21)17-12-14(6-7-18(17)22)13-19-16-5-3-2-4-15(16)8-10-24-19/h2-12H,13H2,1H3,(H2,23,25)/t21-/m0/s1. The van der Waals surface area contributed by atoms with E-state index in [4.69, 9.17) is 5.73 Å². The first-order chi connectivity index (χ1) is 12.5. The minimum Gasteiger partial charge on any atom is -0.378 e. The highest BCUT2D eigenvalue weighted by molar-refractivity contribution is 8.16. The van der Waals surface area contributed by atoms with E-state index in [-0.39, 0.29) is 5.82 Å². The van der Waals surface area contributed by atoms with Gasteiger partial charge in [0, 0.05) is 23.6 Å². The zero-order valence-corrected chi connectivity index (χ0v) is 15.1. The highest BCUT2D eigenvalue weighted by Crippen LogP contribution is 2.35. The Balaban J connectivity index is 1.75. The van der Waals surface area contributed by atoms with E-state index in [1.54, 1.807) is 6.07 Å². The summed E-state index contributed by atoms with van der Waals surface area (Å²) in [5, 5.41) is 4.57. The number of halogens is 1. The fraction of sp³-hybridized carbons (Fsp3) is 0.143. The molecule has 0 unspecified atom stereocenters. The highest BCUT2D eigenvalue weighted by Gasteiger charge is 2.29. The van der Waals surface area contributed by atoms with Crippen LogP contribution in [0.1, 0.15) is 23.7 Å². The lowest BCUT2D eigenvalue weighted by Gasteiger charge is -2.26. The molecule has 2 aromatic carbocycles. The predicted octanol–water partition coefficient (Wildman–Crippen LogP) is 4.76.